The molecule has 0 atom stereocenters. The quantitative estimate of drug-likeness (QED) is 0.450. The predicted molar refractivity (Wildman–Crippen MR) is 126 cm³/mol. The standard InChI is InChI=1S/C25H28N6O/c1-18-23-21(15-22(20-10-6-5-7-11-20)27-24(23)30(4)28-18)25(32)31(14-13-29(2)3)17-19-9-8-12-26-16-19/h5-12,15-16H,13-14,17H2,1-4H3. The normalized spacial score (nSPS) is 11.3. The van der Waals surface area contributed by atoms with Crippen LogP contribution in [0.5, 0.6) is 0 Å². The van der Waals surface area contributed by atoms with Crippen LogP contribution in [0.2, 0.25) is 0 Å². The summed E-state index contributed by atoms with van der Waals surface area (Å²) >= 11 is 0. The molecule has 0 spiro atoms. The molecule has 3 aromatic heterocycles. The number of hydrogen-bond acceptors (Lipinski definition) is 5. The van der Waals surface area contributed by atoms with Crippen molar-refractivity contribution in [2.24, 2.45) is 7.05 Å². The largest absolute Gasteiger partial charge is 0.333 e. The van der Waals surface area contributed by atoms with E-state index in [4.69, 9.17) is 4.98 Å². The maximum atomic E-state index is 13.9. The van der Waals surface area contributed by atoms with Gasteiger partial charge in [-0.3, -0.25) is 14.5 Å². The molecule has 1 aromatic carbocycles. The average Bonchev–Trinajstić information content (AvgIpc) is 3.10. The first-order chi connectivity index (χ1) is 15.4. The molecule has 0 aliphatic rings. The van der Waals surface area contributed by atoms with Crippen LogP contribution in [-0.2, 0) is 13.6 Å². The summed E-state index contributed by atoms with van der Waals surface area (Å²) in [4.78, 5) is 27.0. The third-order valence-electron chi connectivity index (χ3n) is 5.47. The van der Waals surface area contributed by atoms with Crippen molar-refractivity contribution in [2.45, 2.75) is 13.5 Å². The monoisotopic (exact) mass is 428 g/mol. The van der Waals surface area contributed by atoms with Crippen molar-refractivity contribution in [2.75, 3.05) is 27.2 Å². The number of nitrogens with zero attached hydrogens (tertiary/aromatic N) is 6. The minimum Gasteiger partial charge on any atom is -0.333 e. The molecular formula is C25H28N6O. The Morgan fingerprint density at radius 3 is 2.53 bits per heavy atom. The van der Waals surface area contributed by atoms with Gasteiger partial charge in [0.2, 0.25) is 0 Å². The van der Waals surface area contributed by atoms with E-state index in [9.17, 15) is 4.79 Å². The van der Waals surface area contributed by atoms with Crippen LogP contribution in [0.25, 0.3) is 22.3 Å². The van der Waals surface area contributed by atoms with Gasteiger partial charge >= 0.3 is 0 Å². The van der Waals surface area contributed by atoms with Gasteiger partial charge in [0.1, 0.15) is 0 Å². The van der Waals surface area contributed by atoms with Gasteiger partial charge in [-0.05, 0) is 38.7 Å². The fraction of sp³-hybridized carbons (Fsp3) is 0.280. The number of benzene rings is 1. The second-order valence-corrected chi connectivity index (χ2v) is 8.22. The van der Waals surface area contributed by atoms with E-state index in [2.05, 4.69) is 15.0 Å². The Morgan fingerprint density at radius 2 is 1.84 bits per heavy atom. The number of pyridine rings is 2. The molecule has 164 valence electrons. The summed E-state index contributed by atoms with van der Waals surface area (Å²) in [5.41, 5.74) is 4.86. The van der Waals surface area contributed by atoms with Crippen molar-refractivity contribution in [1.82, 2.24) is 29.5 Å². The maximum absolute atomic E-state index is 13.9. The zero-order valence-electron chi connectivity index (χ0n) is 19.0. The number of hydrogen-bond donors (Lipinski definition) is 0. The van der Waals surface area contributed by atoms with Gasteiger partial charge in [0, 0.05) is 44.6 Å². The zero-order valence-corrected chi connectivity index (χ0v) is 19.0. The third-order valence-corrected chi connectivity index (χ3v) is 5.47. The molecule has 3 heterocycles. The van der Waals surface area contributed by atoms with E-state index in [1.165, 1.54) is 0 Å². The molecule has 0 fully saturated rings. The van der Waals surface area contributed by atoms with Gasteiger partial charge in [-0.15, -0.1) is 0 Å². The number of likely N-dealkylation sites (N-methyl/N-ethyl adjacent to an activating group) is 1. The van der Waals surface area contributed by atoms with Crippen LogP contribution in [0.3, 0.4) is 0 Å². The molecule has 4 aromatic rings. The molecule has 4 rings (SSSR count). The van der Waals surface area contributed by atoms with E-state index < -0.39 is 0 Å². The number of amides is 1. The lowest BCUT2D eigenvalue weighted by molar-refractivity contribution is 0.0733. The van der Waals surface area contributed by atoms with Gasteiger partial charge in [-0.1, -0.05) is 36.4 Å². The Bertz CT molecular complexity index is 1220. The van der Waals surface area contributed by atoms with E-state index in [0.29, 0.717) is 24.3 Å². The third kappa shape index (κ3) is 4.53. The predicted octanol–water partition coefficient (Wildman–Crippen LogP) is 3.54. The molecule has 0 unspecified atom stereocenters. The second-order valence-electron chi connectivity index (χ2n) is 8.22. The van der Waals surface area contributed by atoms with Crippen molar-refractivity contribution in [3.63, 3.8) is 0 Å². The Hall–Kier alpha value is -3.58. The van der Waals surface area contributed by atoms with Gasteiger partial charge in [-0.2, -0.15) is 5.10 Å². The van der Waals surface area contributed by atoms with Crippen LogP contribution < -0.4 is 0 Å². The van der Waals surface area contributed by atoms with Crippen LogP contribution in [0.4, 0.5) is 0 Å². The van der Waals surface area contributed by atoms with Crippen LogP contribution in [-0.4, -0.2) is 62.6 Å². The molecule has 7 nitrogen and oxygen atoms in total. The SMILES string of the molecule is Cc1nn(C)c2nc(-c3ccccc3)cc(C(=O)N(CCN(C)C)Cc3cccnc3)c12. The average molecular weight is 429 g/mol. The van der Waals surface area contributed by atoms with Crippen molar-refractivity contribution >= 4 is 16.9 Å². The first kappa shape index (κ1) is 21.6. The number of aryl methyl sites for hydroxylation is 2. The lowest BCUT2D eigenvalue weighted by atomic mass is 10.0. The maximum Gasteiger partial charge on any atom is 0.255 e. The molecule has 32 heavy (non-hydrogen) atoms. The Kier molecular flexibility index (Phi) is 6.28. The van der Waals surface area contributed by atoms with E-state index in [0.717, 1.165) is 34.4 Å². The molecule has 0 saturated heterocycles. The molecule has 0 aliphatic carbocycles. The zero-order chi connectivity index (χ0) is 22.7. The summed E-state index contributed by atoms with van der Waals surface area (Å²) in [6.07, 6.45) is 3.55. The summed E-state index contributed by atoms with van der Waals surface area (Å²) in [6, 6.07) is 15.7. The van der Waals surface area contributed by atoms with Gasteiger partial charge in [-0.25, -0.2) is 4.98 Å². The molecule has 0 bridgehead atoms. The minimum absolute atomic E-state index is 0.0311. The van der Waals surface area contributed by atoms with Gasteiger partial charge in [0.15, 0.2) is 5.65 Å². The number of rotatable bonds is 7. The van der Waals surface area contributed by atoms with E-state index >= 15 is 0 Å². The van der Waals surface area contributed by atoms with Gasteiger partial charge in [0.25, 0.3) is 5.91 Å². The van der Waals surface area contributed by atoms with Crippen molar-refractivity contribution in [3.05, 3.63) is 77.7 Å². The van der Waals surface area contributed by atoms with Gasteiger partial charge < -0.3 is 9.80 Å². The van der Waals surface area contributed by atoms with Crippen molar-refractivity contribution < 1.29 is 4.79 Å². The Balaban J connectivity index is 1.82. The first-order valence-corrected chi connectivity index (χ1v) is 10.7. The topological polar surface area (TPSA) is 67.2 Å². The highest BCUT2D eigenvalue weighted by Gasteiger charge is 2.23. The fourth-order valence-corrected chi connectivity index (χ4v) is 3.83. The van der Waals surface area contributed by atoms with Crippen LogP contribution in [0.1, 0.15) is 21.6 Å². The van der Waals surface area contributed by atoms with Crippen LogP contribution in [0.15, 0.2) is 60.9 Å². The lowest BCUT2D eigenvalue weighted by Gasteiger charge is -2.25. The van der Waals surface area contributed by atoms with E-state index in [1.807, 2.05) is 87.7 Å². The Labute approximate surface area is 188 Å². The number of aromatic nitrogens is 4. The molecular weight excluding hydrogens is 400 g/mol. The number of fused-ring (bicyclic) bond motifs is 1. The molecule has 7 heteroatoms. The smallest absolute Gasteiger partial charge is 0.255 e. The summed E-state index contributed by atoms with van der Waals surface area (Å²) in [7, 11) is 5.89. The fourth-order valence-electron chi connectivity index (χ4n) is 3.83. The van der Waals surface area contributed by atoms with E-state index in [1.54, 1.807) is 10.9 Å². The van der Waals surface area contributed by atoms with Crippen LogP contribution in [0, 0.1) is 6.92 Å². The summed E-state index contributed by atoms with van der Waals surface area (Å²) in [6.45, 7) is 3.78. The lowest BCUT2D eigenvalue weighted by Crippen LogP contribution is -2.36. The first-order valence-electron chi connectivity index (χ1n) is 10.7. The highest BCUT2D eigenvalue weighted by Crippen LogP contribution is 2.28. The summed E-state index contributed by atoms with van der Waals surface area (Å²) < 4.78 is 1.75. The van der Waals surface area contributed by atoms with Crippen molar-refractivity contribution in [1.29, 1.82) is 0 Å². The van der Waals surface area contributed by atoms with Crippen LogP contribution >= 0.6 is 0 Å². The highest BCUT2D eigenvalue weighted by molar-refractivity contribution is 6.07. The second kappa shape index (κ2) is 9.28. The van der Waals surface area contributed by atoms with Gasteiger partial charge in [0.05, 0.1) is 22.3 Å². The molecule has 0 saturated carbocycles. The number of carbonyl (C=O) groups is 1. The molecule has 0 radical (unpaired) electrons. The van der Waals surface area contributed by atoms with Crippen molar-refractivity contribution in [3.8, 4) is 11.3 Å². The summed E-state index contributed by atoms with van der Waals surface area (Å²) in [5.74, 6) is -0.0311. The summed E-state index contributed by atoms with van der Waals surface area (Å²) in [5, 5.41) is 5.35. The minimum atomic E-state index is -0.0311. The molecule has 0 N–H and O–H groups in total. The number of carbonyl (C=O) groups excluding carboxylic acids is 1. The molecule has 1 amide bonds. The highest BCUT2D eigenvalue weighted by atomic mass is 16.2. The Morgan fingerprint density at radius 1 is 1.06 bits per heavy atom. The molecule has 0 aliphatic heterocycles. The van der Waals surface area contributed by atoms with E-state index in [-0.39, 0.29) is 5.91 Å².